The van der Waals surface area contributed by atoms with Crippen LogP contribution in [0.3, 0.4) is 0 Å². The van der Waals surface area contributed by atoms with Crippen LogP contribution in [0.25, 0.3) is 0 Å². The third-order valence-corrected chi connectivity index (χ3v) is 8.43. The number of nitrogens with zero attached hydrogens (tertiary/aromatic N) is 5. The molecule has 44 heavy (non-hydrogen) atoms. The van der Waals surface area contributed by atoms with Crippen molar-refractivity contribution in [2.24, 2.45) is 0 Å². The number of methoxy groups -OCH3 is 1. The number of carbonyl (C=O) groups is 1. The molecule has 3 aromatic rings. The van der Waals surface area contributed by atoms with E-state index in [0.29, 0.717) is 58.4 Å². The van der Waals surface area contributed by atoms with E-state index in [1.54, 1.807) is 30.4 Å². The van der Waals surface area contributed by atoms with Gasteiger partial charge in [-0.2, -0.15) is 0 Å². The maximum Gasteiger partial charge on any atom is 0.247 e. The topological polar surface area (TPSA) is 104 Å². The zero-order valence-corrected chi connectivity index (χ0v) is 25.2. The van der Waals surface area contributed by atoms with Crippen molar-refractivity contribution < 1.29 is 23.5 Å². The summed E-state index contributed by atoms with van der Waals surface area (Å²) in [6, 6.07) is 10.1. The lowest BCUT2D eigenvalue weighted by Crippen LogP contribution is -2.44. The van der Waals surface area contributed by atoms with E-state index < -0.39 is 5.82 Å². The number of hydrogen-bond acceptors (Lipinski definition) is 10. The van der Waals surface area contributed by atoms with Crippen molar-refractivity contribution in [3.63, 3.8) is 0 Å². The van der Waals surface area contributed by atoms with Crippen LogP contribution in [-0.2, 0) is 14.4 Å². The summed E-state index contributed by atoms with van der Waals surface area (Å²) in [5.74, 6) is 0.772. The molecule has 3 fully saturated rings. The second-order valence-electron chi connectivity index (χ2n) is 10.8. The van der Waals surface area contributed by atoms with Crippen LogP contribution in [0.4, 0.5) is 33.1 Å². The Labute approximate surface area is 260 Å². The van der Waals surface area contributed by atoms with E-state index in [1.807, 2.05) is 12.1 Å². The molecule has 2 unspecified atom stereocenters. The molecule has 232 valence electrons. The molecule has 2 N–H and O–H groups in total. The van der Waals surface area contributed by atoms with Crippen molar-refractivity contribution in [1.82, 2.24) is 14.9 Å². The van der Waals surface area contributed by atoms with Gasteiger partial charge in [0.05, 0.1) is 50.0 Å². The van der Waals surface area contributed by atoms with E-state index in [4.69, 9.17) is 25.9 Å². The Balaban J connectivity index is 1.26. The minimum absolute atomic E-state index is 0.317. The summed E-state index contributed by atoms with van der Waals surface area (Å²) in [7, 11) is 1.60. The van der Waals surface area contributed by atoms with Crippen molar-refractivity contribution in [3.05, 3.63) is 71.8 Å². The fourth-order valence-corrected chi connectivity index (χ4v) is 6.16. The number of hydroxylamine groups is 1. The first-order valence-corrected chi connectivity index (χ1v) is 15.0. The molecule has 3 aliphatic rings. The van der Waals surface area contributed by atoms with Gasteiger partial charge in [0.1, 0.15) is 23.7 Å². The van der Waals surface area contributed by atoms with Crippen LogP contribution in [0.1, 0.15) is 24.4 Å². The third-order valence-electron chi connectivity index (χ3n) is 8.19. The molecule has 0 radical (unpaired) electrons. The molecule has 3 aliphatic heterocycles. The number of carbonyl (C=O) groups excluding carboxylic acids is 1. The molecule has 13 heteroatoms. The molecule has 6 rings (SSSR count). The van der Waals surface area contributed by atoms with E-state index in [0.717, 1.165) is 51.5 Å². The first kappa shape index (κ1) is 30.1. The normalized spacial score (nSPS) is 20.5. The van der Waals surface area contributed by atoms with Gasteiger partial charge in [0.2, 0.25) is 5.91 Å². The summed E-state index contributed by atoms with van der Waals surface area (Å²) in [6.45, 7) is 9.03. The quantitative estimate of drug-likeness (QED) is 0.319. The Bertz CT molecular complexity index is 1520. The molecular formula is C31H35ClFN7O4. The summed E-state index contributed by atoms with van der Waals surface area (Å²) in [4.78, 5) is 31.9. The van der Waals surface area contributed by atoms with Crippen molar-refractivity contribution >= 4 is 46.2 Å². The number of nitrogens with one attached hydrogen (secondary N) is 2. The summed E-state index contributed by atoms with van der Waals surface area (Å²) in [5, 5.41) is 8.19. The van der Waals surface area contributed by atoms with Gasteiger partial charge in [-0.3, -0.25) is 14.5 Å². The zero-order chi connectivity index (χ0) is 30.6. The second-order valence-corrected chi connectivity index (χ2v) is 11.3. The number of benzene rings is 2. The number of anilines is 5. The predicted octanol–water partition coefficient (Wildman–Crippen LogP) is 4.94. The summed E-state index contributed by atoms with van der Waals surface area (Å²) < 4.78 is 26.1. The SMILES string of the molecule is C=CC(=O)Nc1cc(Nc2cc(N3OCCC3c3ccc(Cl)cc3F)ncn2)c(OC)cc1N1CCC(N2CCOCC2)C1. The first-order valence-electron chi connectivity index (χ1n) is 14.6. The van der Waals surface area contributed by atoms with Crippen LogP contribution in [0, 0.1) is 5.82 Å². The van der Waals surface area contributed by atoms with Gasteiger partial charge in [0.15, 0.2) is 5.82 Å². The molecule has 2 aromatic carbocycles. The lowest BCUT2D eigenvalue weighted by molar-refractivity contribution is -0.111. The van der Waals surface area contributed by atoms with Gasteiger partial charge in [0.25, 0.3) is 0 Å². The van der Waals surface area contributed by atoms with E-state index in [2.05, 4.69) is 37.0 Å². The molecule has 11 nitrogen and oxygen atoms in total. The summed E-state index contributed by atoms with van der Waals surface area (Å²) in [5.41, 5.74) is 2.54. The molecule has 2 atom stereocenters. The first-order chi connectivity index (χ1) is 21.4. The molecule has 0 aliphatic carbocycles. The van der Waals surface area contributed by atoms with Crippen molar-refractivity contribution in [3.8, 4) is 5.75 Å². The largest absolute Gasteiger partial charge is 0.494 e. The molecule has 1 amide bonds. The van der Waals surface area contributed by atoms with E-state index >= 15 is 0 Å². The highest BCUT2D eigenvalue weighted by Gasteiger charge is 2.32. The van der Waals surface area contributed by atoms with Crippen LogP contribution in [0.2, 0.25) is 5.02 Å². The summed E-state index contributed by atoms with van der Waals surface area (Å²) in [6.07, 6.45) is 4.25. The fourth-order valence-electron chi connectivity index (χ4n) is 6.01. The van der Waals surface area contributed by atoms with Gasteiger partial charge in [-0.15, -0.1) is 0 Å². The maximum absolute atomic E-state index is 14.8. The van der Waals surface area contributed by atoms with Crippen molar-refractivity contribution in [2.75, 3.05) is 73.7 Å². The maximum atomic E-state index is 14.8. The standard InChI is InChI=1S/C31H35ClFN7O4/c1-3-31(41)37-24-15-25(28(42-2)16-27(24)39-8-6-21(18-39)38-9-12-43-13-10-38)36-29-17-30(35-19-34-29)40-26(7-11-44-40)22-5-4-20(32)14-23(22)33/h3-5,14-17,19,21,26H,1,6-13,18H2,2H3,(H,37,41)(H,34,35,36). The highest BCUT2D eigenvalue weighted by Crippen LogP contribution is 2.41. The third kappa shape index (κ3) is 6.43. The highest BCUT2D eigenvalue weighted by atomic mass is 35.5. The fraction of sp³-hybridized carbons (Fsp3) is 0.387. The second kappa shape index (κ2) is 13.3. The van der Waals surface area contributed by atoms with Crippen LogP contribution in [0.5, 0.6) is 5.75 Å². The van der Waals surface area contributed by atoms with E-state index in [1.165, 1.54) is 18.5 Å². The Hall–Kier alpha value is -3.97. The van der Waals surface area contributed by atoms with Gasteiger partial charge in [-0.1, -0.05) is 24.2 Å². The molecule has 0 bridgehead atoms. The average Bonchev–Trinajstić information content (AvgIpc) is 3.73. The number of rotatable bonds is 9. The Morgan fingerprint density at radius 2 is 1.95 bits per heavy atom. The Morgan fingerprint density at radius 1 is 1.11 bits per heavy atom. The van der Waals surface area contributed by atoms with Gasteiger partial charge in [-0.25, -0.2) is 19.4 Å². The van der Waals surface area contributed by atoms with Gasteiger partial charge < -0.3 is 25.0 Å². The van der Waals surface area contributed by atoms with Gasteiger partial charge in [-0.05, 0) is 30.7 Å². The molecular weight excluding hydrogens is 589 g/mol. The van der Waals surface area contributed by atoms with Crippen LogP contribution >= 0.6 is 11.6 Å². The number of aromatic nitrogens is 2. The lowest BCUT2D eigenvalue weighted by Gasteiger charge is -2.32. The predicted molar refractivity (Wildman–Crippen MR) is 167 cm³/mol. The number of ether oxygens (including phenoxy) is 2. The Morgan fingerprint density at radius 3 is 2.73 bits per heavy atom. The smallest absolute Gasteiger partial charge is 0.247 e. The van der Waals surface area contributed by atoms with E-state index in [9.17, 15) is 9.18 Å². The molecule has 1 aromatic heterocycles. The molecule has 0 spiro atoms. The van der Waals surface area contributed by atoms with Crippen molar-refractivity contribution in [1.29, 1.82) is 0 Å². The lowest BCUT2D eigenvalue weighted by atomic mass is 10.0. The number of amides is 1. The molecule has 4 heterocycles. The van der Waals surface area contributed by atoms with Gasteiger partial charge in [0, 0.05) is 61.4 Å². The van der Waals surface area contributed by atoms with Crippen molar-refractivity contribution in [2.45, 2.75) is 24.9 Å². The molecule has 3 saturated heterocycles. The van der Waals surface area contributed by atoms with Crippen LogP contribution in [0.15, 0.2) is 55.4 Å². The number of halogens is 2. The van der Waals surface area contributed by atoms with Crippen LogP contribution < -0.4 is 25.3 Å². The monoisotopic (exact) mass is 623 g/mol. The van der Waals surface area contributed by atoms with E-state index in [-0.39, 0.29) is 11.9 Å². The Kier molecular flexibility index (Phi) is 9.12. The minimum Gasteiger partial charge on any atom is -0.494 e. The summed E-state index contributed by atoms with van der Waals surface area (Å²) >= 11 is 5.97. The van der Waals surface area contributed by atoms with Crippen LogP contribution in [-0.4, -0.2) is 79.9 Å². The molecule has 0 saturated carbocycles. The van der Waals surface area contributed by atoms with Gasteiger partial charge >= 0.3 is 0 Å². The average molecular weight is 624 g/mol. The minimum atomic E-state index is -0.404. The number of morpholine rings is 1. The number of hydrogen-bond donors (Lipinski definition) is 2. The highest BCUT2D eigenvalue weighted by molar-refractivity contribution is 6.30. The zero-order valence-electron chi connectivity index (χ0n) is 24.5.